The summed E-state index contributed by atoms with van der Waals surface area (Å²) in [6, 6.07) is 13.2. The molecule has 1 aliphatic heterocycles. The predicted octanol–water partition coefficient (Wildman–Crippen LogP) is 2.60. The van der Waals surface area contributed by atoms with Crippen LogP contribution in [-0.2, 0) is 10.0 Å². The van der Waals surface area contributed by atoms with Crippen molar-refractivity contribution >= 4 is 26.7 Å². The zero-order valence-electron chi connectivity index (χ0n) is 11.6. The maximum absolute atomic E-state index is 12.6. The Balaban J connectivity index is 2.17. The van der Waals surface area contributed by atoms with Crippen molar-refractivity contribution in [3.05, 3.63) is 59.0 Å². The van der Waals surface area contributed by atoms with E-state index in [0.717, 1.165) is 5.56 Å². The summed E-state index contributed by atoms with van der Waals surface area (Å²) in [7, 11) is -2.05. The first-order valence-corrected chi connectivity index (χ1v) is 8.09. The molecule has 22 heavy (non-hydrogen) atoms. The molecule has 1 aromatic heterocycles. The molecule has 2 heterocycles. The summed E-state index contributed by atoms with van der Waals surface area (Å²) in [6.45, 7) is 0. The van der Waals surface area contributed by atoms with Gasteiger partial charge in [0.05, 0.1) is 10.6 Å². The van der Waals surface area contributed by atoms with E-state index >= 15 is 0 Å². The molecule has 0 N–H and O–H groups in total. The van der Waals surface area contributed by atoms with E-state index in [0.29, 0.717) is 22.2 Å². The largest absolute Gasteiger partial charge is 0.423 e. The summed E-state index contributed by atoms with van der Waals surface area (Å²) in [6.07, 6.45) is 0. The van der Waals surface area contributed by atoms with E-state index in [1.807, 2.05) is 0 Å². The Kier molecular flexibility index (Phi) is 2.50. The molecule has 0 spiro atoms. The molecule has 0 atom stereocenters. The highest BCUT2D eigenvalue weighted by molar-refractivity contribution is 7.93. The van der Waals surface area contributed by atoms with E-state index in [2.05, 4.69) is 0 Å². The number of hydrogen-bond donors (Lipinski definition) is 0. The minimum Gasteiger partial charge on any atom is -0.423 e. The predicted molar refractivity (Wildman–Crippen MR) is 83.5 cm³/mol. The van der Waals surface area contributed by atoms with Crippen LogP contribution >= 0.6 is 0 Å². The van der Waals surface area contributed by atoms with E-state index in [-0.39, 0.29) is 4.90 Å². The van der Waals surface area contributed by atoms with Crippen molar-refractivity contribution in [2.24, 2.45) is 0 Å². The summed E-state index contributed by atoms with van der Waals surface area (Å²) in [4.78, 5) is 11.6. The van der Waals surface area contributed by atoms with E-state index < -0.39 is 15.6 Å². The third kappa shape index (κ3) is 1.64. The second-order valence-electron chi connectivity index (χ2n) is 5.13. The van der Waals surface area contributed by atoms with E-state index in [4.69, 9.17) is 4.42 Å². The first kappa shape index (κ1) is 13.1. The zero-order chi connectivity index (χ0) is 15.5. The van der Waals surface area contributed by atoms with Gasteiger partial charge in [-0.15, -0.1) is 0 Å². The topological polar surface area (TPSA) is 67.6 Å². The molecule has 6 heteroatoms. The fraction of sp³-hybridized carbons (Fsp3) is 0.0625. The fourth-order valence-electron chi connectivity index (χ4n) is 2.77. The minimum atomic E-state index is -3.57. The third-order valence-corrected chi connectivity index (χ3v) is 5.72. The van der Waals surface area contributed by atoms with E-state index in [1.54, 1.807) is 42.5 Å². The minimum absolute atomic E-state index is 0.252. The van der Waals surface area contributed by atoms with Gasteiger partial charge < -0.3 is 4.42 Å². The Bertz CT molecular complexity index is 1080. The van der Waals surface area contributed by atoms with Crippen LogP contribution in [0, 0.1) is 0 Å². The average molecular weight is 313 g/mol. The van der Waals surface area contributed by atoms with Gasteiger partial charge in [0, 0.05) is 29.6 Å². The van der Waals surface area contributed by atoms with Crippen LogP contribution in [0.2, 0.25) is 0 Å². The maximum Gasteiger partial charge on any atom is 0.336 e. The van der Waals surface area contributed by atoms with Crippen LogP contribution in [0.1, 0.15) is 0 Å². The lowest BCUT2D eigenvalue weighted by molar-refractivity contribution is 0.561. The molecule has 0 bridgehead atoms. The highest BCUT2D eigenvalue weighted by Crippen LogP contribution is 2.43. The Hall–Kier alpha value is -2.60. The summed E-state index contributed by atoms with van der Waals surface area (Å²) in [5.41, 5.74) is 1.92. The molecular formula is C16H11NO4S. The molecule has 3 aromatic rings. The summed E-state index contributed by atoms with van der Waals surface area (Å²) >= 11 is 0. The van der Waals surface area contributed by atoms with Gasteiger partial charge in [-0.2, -0.15) is 0 Å². The lowest BCUT2D eigenvalue weighted by Gasteiger charge is -2.29. The Morgan fingerprint density at radius 2 is 1.77 bits per heavy atom. The van der Waals surface area contributed by atoms with Gasteiger partial charge in [-0.25, -0.2) is 13.2 Å². The van der Waals surface area contributed by atoms with Crippen LogP contribution in [0.5, 0.6) is 0 Å². The summed E-state index contributed by atoms with van der Waals surface area (Å²) in [5.74, 6) is 0. The number of anilines is 1. The van der Waals surface area contributed by atoms with Gasteiger partial charge in [-0.3, -0.25) is 4.31 Å². The van der Waals surface area contributed by atoms with Crippen molar-refractivity contribution in [3.8, 4) is 11.1 Å². The van der Waals surface area contributed by atoms with Crippen LogP contribution in [0.25, 0.3) is 22.1 Å². The summed E-state index contributed by atoms with van der Waals surface area (Å²) in [5, 5.41) is 0.680. The second kappa shape index (κ2) is 4.20. The smallest absolute Gasteiger partial charge is 0.336 e. The molecule has 0 amide bonds. The van der Waals surface area contributed by atoms with Crippen molar-refractivity contribution in [3.63, 3.8) is 0 Å². The van der Waals surface area contributed by atoms with Crippen molar-refractivity contribution < 1.29 is 12.8 Å². The zero-order valence-corrected chi connectivity index (χ0v) is 12.4. The van der Waals surface area contributed by atoms with Crippen LogP contribution < -0.4 is 9.93 Å². The normalized spacial score (nSPS) is 15.4. The van der Waals surface area contributed by atoms with Gasteiger partial charge in [0.25, 0.3) is 10.0 Å². The van der Waals surface area contributed by atoms with E-state index in [1.165, 1.54) is 17.4 Å². The lowest BCUT2D eigenvalue weighted by atomic mass is 10.0. The van der Waals surface area contributed by atoms with Crippen LogP contribution in [-0.4, -0.2) is 15.5 Å². The quantitative estimate of drug-likeness (QED) is 0.598. The SMILES string of the molecule is CN1c2cc3ccc(=O)oc3cc2-c2ccccc2S1(=O)=O. The standard InChI is InChI=1S/C16H11NO4S/c1-17-13-8-10-6-7-16(18)21-14(10)9-12(13)11-4-2-3-5-15(11)22(17,19)20/h2-9H,1H3. The Morgan fingerprint density at radius 1 is 1.00 bits per heavy atom. The second-order valence-corrected chi connectivity index (χ2v) is 7.07. The number of fused-ring (bicyclic) bond motifs is 4. The van der Waals surface area contributed by atoms with Crippen LogP contribution in [0.4, 0.5) is 5.69 Å². The van der Waals surface area contributed by atoms with Gasteiger partial charge in [0.1, 0.15) is 5.58 Å². The molecule has 0 fully saturated rings. The van der Waals surface area contributed by atoms with Crippen LogP contribution in [0.3, 0.4) is 0 Å². The molecule has 0 saturated heterocycles. The highest BCUT2D eigenvalue weighted by Gasteiger charge is 2.32. The van der Waals surface area contributed by atoms with Crippen molar-refractivity contribution in [2.75, 3.05) is 11.4 Å². The molecule has 0 radical (unpaired) electrons. The van der Waals surface area contributed by atoms with Crippen LogP contribution in [0.15, 0.2) is 62.6 Å². The Morgan fingerprint density at radius 3 is 2.59 bits per heavy atom. The number of benzene rings is 2. The molecule has 0 unspecified atom stereocenters. The van der Waals surface area contributed by atoms with Crippen molar-refractivity contribution in [1.29, 1.82) is 0 Å². The molecule has 4 rings (SSSR count). The van der Waals surface area contributed by atoms with Crippen molar-refractivity contribution in [1.82, 2.24) is 0 Å². The first-order chi connectivity index (χ1) is 10.5. The average Bonchev–Trinajstić information content (AvgIpc) is 2.52. The number of hydrogen-bond acceptors (Lipinski definition) is 4. The van der Waals surface area contributed by atoms with E-state index in [9.17, 15) is 13.2 Å². The first-order valence-electron chi connectivity index (χ1n) is 6.65. The van der Waals surface area contributed by atoms with Gasteiger partial charge in [-0.05, 0) is 24.3 Å². The number of rotatable bonds is 0. The highest BCUT2D eigenvalue weighted by atomic mass is 32.2. The molecule has 5 nitrogen and oxygen atoms in total. The van der Waals surface area contributed by atoms with Gasteiger partial charge in [0.2, 0.25) is 0 Å². The molecule has 0 aliphatic carbocycles. The number of sulfonamides is 1. The summed E-state index contributed by atoms with van der Waals surface area (Å²) < 4.78 is 31.7. The number of nitrogens with zero attached hydrogens (tertiary/aromatic N) is 1. The Labute approximate surface area is 126 Å². The van der Waals surface area contributed by atoms with Gasteiger partial charge in [-0.1, -0.05) is 18.2 Å². The third-order valence-electron chi connectivity index (χ3n) is 3.89. The maximum atomic E-state index is 12.6. The fourth-order valence-corrected chi connectivity index (χ4v) is 4.18. The molecule has 1 aliphatic rings. The molecule has 110 valence electrons. The molecule has 0 saturated carbocycles. The van der Waals surface area contributed by atoms with Gasteiger partial charge >= 0.3 is 5.63 Å². The van der Waals surface area contributed by atoms with Crippen molar-refractivity contribution in [2.45, 2.75) is 4.90 Å². The lowest BCUT2D eigenvalue weighted by Crippen LogP contribution is -2.30. The molecular weight excluding hydrogens is 302 g/mol. The monoisotopic (exact) mass is 313 g/mol. The molecule has 2 aromatic carbocycles. The van der Waals surface area contributed by atoms with Gasteiger partial charge in [0.15, 0.2) is 0 Å².